The largest absolute Gasteiger partial charge is 1.00 e. The predicted molar refractivity (Wildman–Crippen MR) is 75.5 cm³/mol. The Kier molecular flexibility index (Phi) is 4.23. The Morgan fingerprint density at radius 3 is 2.25 bits per heavy atom. The molecule has 0 aliphatic heterocycles. The molecule has 0 bridgehead atoms. The van der Waals surface area contributed by atoms with Crippen LogP contribution in [0.2, 0.25) is 0 Å². The number of hydrogen-bond donors (Lipinski definition) is 0. The Hall–Kier alpha value is -1.69. The summed E-state index contributed by atoms with van der Waals surface area (Å²) in [6, 6.07) is 17.4. The van der Waals surface area contributed by atoms with Crippen LogP contribution in [0.3, 0.4) is 0 Å². The summed E-state index contributed by atoms with van der Waals surface area (Å²) in [4.78, 5) is 12.7. The van der Waals surface area contributed by atoms with Crippen molar-refractivity contribution in [3.63, 3.8) is 0 Å². The Labute approximate surface area is 134 Å². The van der Waals surface area contributed by atoms with Crippen molar-refractivity contribution in [2.45, 2.75) is 6.92 Å². The van der Waals surface area contributed by atoms with E-state index in [4.69, 9.17) is 0 Å². The molecule has 1 aromatic heterocycles. The van der Waals surface area contributed by atoms with E-state index >= 15 is 0 Å². The summed E-state index contributed by atoms with van der Waals surface area (Å²) >= 11 is 0. The maximum Gasteiger partial charge on any atom is 0.350 e. The molecule has 0 aliphatic carbocycles. The second kappa shape index (κ2) is 5.75. The molecule has 4 heteroatoms. The van der Waals surface area contributed by atoms with Gasteiger partial charge in [0.25, 0.3) is 5.82 Å². The molecule has 3 rings (SSSR count). The van der Waals surface area contributed by atoms with Gasteiger partial charge in [-0.2, -0.15) is 4.57 Å². The van der Waals surface area contributed by atoms with Gasteiger partial charge < -0.3 is 24.0 Å². The maximum atomic E-state index is 12.7. The summed E-state index contributed by atoms with van der Waals surface area (Å²) in [5.41, 5.74) is 1.88. The number of halogens is 1. The normalized spacial score (nSPS) is 10.3. The molecule has 0 saturated carbocycles. The van der Waals surface area contributed by atoms with Gasteiger partial charge in [-0.25, -0.2) is 9.36 Å². The summed E-state index contributed by atoms with van der Waals surface area (Å²) in [5, 5.41) is 0.736. The number of aromatic nitrogens is 2. The predicted octanol–water partition coefficient (Wildman–Crippen LogP) is -0.872. The van der Waals surface area contributed by atoms with Crippen LogP contribution in [0.15, 0.2) is 59.4 Å². The van der Waals surface area contributed by atoms with Gasteiger partial charge in [0.15, 0.2) is 0 Å². The van der Waals surface area contributed by atoms with Gasteiger partial charge in [0.05, 0.1) is 7.05 Å². The minimum atomic E-state index is 0. The fourth-order valence-electron chi connectivity index (χ4n) is 2.42. The lowest BCUT2D eigenvalue weighted by atomic mass is 10.2. The lowest BCUT2D eigenvalue weighted by Gasteiger charge is -2.08. The molecule has 0 spiro atoms. The van der Waals surface area contributed by atoms with Gasteiger partial charge in [-0.15, -0.1) is 0 Å². The summed E-state index contributed by atoms with van der Waals surface area (Å²) in [7, 11) is 1.98. The monoisotopic (exact) mass is 378 g/mol. The minimum absolute atomic E-state index is 0. The van der Waals surface area contributed by atoms with Gasteiger partial charge in [-0.05, 0) is 24.3 Å². The molecule has 0 unspecified atom stereocenters. The first-order valence-electron chi connectivity index (χ1n) is 6.26. The SMILES string of the molecule is Cc1n(-c2ccccc2)c(=O)c2ccccc2[n+]1C.[I-]. The van der Waals surface area contributed by atoms with Gasteiger partial charge in [-0.3, -0.25) is 0 Å². The fourth-order valence-corrected chi connectivity index (χ4v) is 2.42. The van der Waals surface area contributed by atoms with Crippen LogP contribution in [0.1, 0.15) is 5.82 Å². The van der Waals surface area contributed by atoms with Crippen molar-refractivity contribution < 1.29 is 28.5 Å². The molecule has 0 amide bonds. The Morgan fingerprint density at radius 1 is 0.950 bits per heavy atom. The average molecular weight is 378 g/mol. The van der Waals surface area contributed by atoms with Gasteiger partial charge in [0.2, 0.25) is 0 Å². The molecule has 2 aromatic carbocycles. The van der Waals surface area contributed by atoms with Crippen LogP contribution in [0.5, 0.6) is 0 Å². The van der Waals surface area contributed by atoms with Crippen molar-refractivity contribution >= 4 is 10.9 Å². The van der Waals surface area contributed by atoms with E-state index in [0.717, 1.165) is 22.4 Å². The number of benzene rings is 2. The molecule has 0 fully saturated rings. The van der Waals surface area contributed by atoms with Crippen molar-refractivity contribution in [3.8, 4) is 5.69 Å². The zero-order valence-electron chi connectivity index (χ0n) is 11.4. The summed E-state index contributed by atoms with van der Waals surface area (Å²) in [6.45, 7) is 1.96. The van der Waals surface area contributed by atoms with Gasteiger partial charge in [0.1, 0.15) is 16.6 Å². The van der Waals surface area contributed by atoms with Crippen molar-refractivity contribution in [2.75, 3.05) is 0 Å². The zero-order chi connectivity index (χ0) is 13.4. The Morgan fingerprint density at radius 2 is 1.55 bits per heavy atom. The van der Waals surface area contributed by atoms with Crippen molar-refractivity contribution in [2.24, 2.45) is 7.05 Å². The highest BCUT2D eigenvalue weighted by atomic mass is 127. The molecule has 0 atom stereocenters. The first-order chi connectivity index (χ1) is 9.20. The average Bonchev–Trinajstić information content (AvgIpc) is 2.46. The third-order valence-electron chi connectivity index (χ3n) is 3.52. The first-order valence-corrected chi connectivity index (χ1v) is 6.26. The number of para-hydroxylation sites is 2. The number of aryl methyl sites for hydroxylation is 1. The second-order valence-corrected chi connectivity index (χ2v) is 4.60. The van der Waals surface area contributed by atoms with Crippen molar-refractivity contribution in [1.29, 1.82) is 0 Å². The molecule has 1 heterocycles. The highest BCUT2D eigenvalue weighted by molar-refractivity contribution is 5.74. The number of fused-ring (bicyclic) bond motifs is 1. The van der Waals surface area contributed by atoms with Crippen molar-refractivity contribution in [3.05, 3.63) is 70.8 Å². The number of hydrogen-bond acceptors (Lipinski definition) is 1. The van der Waals surface area contributed by atoms with Gasteiger partial charge >= 0.3 is 5.56 Å². The zero-order valence-corrected chi connectivity index (χ0v) is 13.5. The van der Waals surface area contributed by atoms with E-state index in [0.29, 0.717) is 0 Å². The van der Waals surface area contributed by atoms with Crippen LogP contribution in [0.4, 0.5) is 0 Å². The standard InChI is InChI=1S/C16H15N2O.HI/c1-12-17(2)15-11-7-6-10-14(15)16(19)18(12)13-8-4-3-5-9-13;/h3-11H,1-2H3;1H/q+1;/p-1. The van der Waals surface area contributed by atoms with Crippen LogP contribution in [0.25, 0.3) is 16.6 Å². The number of nitrogens with zero attached hydrogens (tertiary/aromatic N) is 2. The second-order valence-electron chi connectivity index (χ2n) is 4.60. The number of rotatable bonds is 1. The lowest BCUT2D eigenvalue weighted by Crippen LogP contribution is -3.00. The summed E-state index contributed by atoms with van der Waals surface area (Å²) < 4.78 is 3.80. The van der Waals surface area contributed by atoms with E-state index in [-0.39, 0.29) is 29.5 Å². The molecule has 0 aliphatic rings. The molecule has 3 nitrogen and oxygen atoms in total. The molecule has 0 saturated heterocycles. The van der Waals surface area contributed by atoms with E-state index in [2.05, 4.69) is 0 Å². The van der Waals surface area contributed by atoms with E-state index < -0.39 is 0 Å². The van der Waals surface area contributed by atoms with E-state index in [9.17, 15) is 4.79 Å². The first kappa shape index (κ1) is 14.7. The molecule has 102 valence electrons. The molecular weight excluding hydrogens is 363 g/mol. The van der Waals surface area contributed by atoms with E-state index in [1.807, 2.05) is 73.1 Å². The fraction of sp³-hybridized carbons (Fsp3) is 0.125. The molecule has 20 heavy (non-hydrogen) atoms. The van der Waals surface area contributed by atoms with E-state index in [1.54, 1.807) is 4.57 Å². The van der Waals surface area contributed by atoms with Crippen LogP contribution >= 0.6 is 0 Å². The van der Waals surface area contributed by atoms with Gasteiger partial charge in [0, 0.05) is 6.92 Å². The Bertz CT molecular complexity index is 810. The van der Waals surface area contributed by atoms with Crippen LogP contribution in [0, 0.1) is 6.92 Å². The summed E-state index contributed by atoms with van der Waals surface area (Å²) in [6.07, 6.45) is 0. The minimum Gasteiger partial charge on any atom is -1.00 e. The molecular formula is C16H15IN2O. The topological polar surface area (TPSA) is 25.9 Å². The summed E-state index contributed by atoms with van der Waals surface area (Å²) in [5.74, 6) is 0.912. The van der Waals surface area contributed by atoms with Crippen LogP contribution in [-0.2, 0) is 7.05 Å². The van der Waals surface area contributed by atoms with Crippen LogP contribution in [-0.4, -0.2) is 4.57 Å². The molecule has 3 aromatic rings. The lowest BCUT2D eigenvalue weighted by molar-refractivity contribution is -0.655. The highest BCUT2D eigenvalue weighted by Gasteiger charge is 2.19. The molecule has 0 N–H and O–H groups in total. The third-order valence-corrected chi connectivity index (χ3v) is 3.52. The van der Waals surface area contributed by atoms with Crippen molar-refractivity contribution in [1.82, 2.24) is 4.57 Å². The van der Waals surface area contributed by atoms with E-state index in [1.165, 1.54) is 0 Å². The highest BCUT2D eigenvalue weighted by Crippen LogP contribution is 2.10. The Balaban J connectivity index is 0.00000147. The molecule has 0 radical (unpaired) electrons. The quantitative estimate of drug-likeness (QED) is 0.399. The van der Waals surface area contributed by atoms with Crippen LogP contribution < -0.4 is 34.1 Å². The maximum absolute atomic E-state index is 12.7. The third kappa shape index (κ3) is 2.24. The smallest absolute Gasteiger partial charge is 0.350 e. The van der Waals surface area contributed by atoms with Gasteiger partial charge in [-0.1, -0.05) is 30.3 Å².